The normalized spacial score (nSPS) is 15.9. The summed E-state index contributed by atoms with van der Waals surface area (Å²) in [7, 11) is 3.34. The van der Waals surface area contributed by atoms with Crippen molar-refractivity contribution in [2.24, 2.45) is 4.99 Å². The van der Waals surface area contributed by atoms with Gasteiger partial charge >= 0.3 is 0 Å². The monoisotopic (exact) mass is 432 g/mol. The van der Waals surface area contributed by atoms with Crippen molar-refractivity contribution < 1.29 is 9.13 Å². The molecule has 0 aromatic heterocycles. The van der Waals surface area contributed by atoms with Crippen LogP contribution in [0.1, 0.15) is 29.5 Å². The fraction of sp³-hybridized carbons (Fsp3) is 0.435. The average molecular weight is 433 g/mol. The summed E-state index contributed by atoms with van der Waals surface area (Å²) in [6.45, 7) is 3.86. The van der Waals surface area contributed by atoms with E-state index in [1.54, 1.807) is 20.2 Å². The van der Waals surface area contributed by atoms with E-state index in [0.717, 1.165) is 49.0 Å². The highest BCUT2D eigenvalue weighted by molar-refractivity contribution is 6.30. The Morgan fingerprint density at radius 3 is 2.53 bits per heavy atom. The van der Waals surface area contributed by atoms with Crippen LogP contribution >= 0.6 is 11.6 Å². The fourth-order valence-corrected chi connectivity index (χ4v) is 3.79. The Kier molecular flexibility index (Phi) is 8.49. The Balaban J connectivity index is 1.44. The highest BCUT2D eigenvalue weighted by atomic mass is 35.5. The summed E-state index contributed by atoms with van der Waals surface area (Å²) < 4.78 is 18.8. The maximum Gasteiger partial charge on any atom is 0.191 e. The smallest absolute Gasteiger partial charge is 0.191 e. The van der Waals surface area contributed by atoms with Crippen LogP contribution in [0, 0.1) is 5.82 Å². The van der Waals surface area contributed by atoms with Crippen LogP contribution in [0.3, 0.4) is 0 Å². The number of hydrogen-bond acceptors (Lipinski definition) is 3. The Morgan fingerprint density at radius 2 is 1.87 bits per heavy atom. The molecule has 1 saturated heterocycles. The largest absolute Gasteiger partial charge is 0.380 e. The molecule has 3 rings (SSSR count). The molecule has 30 heavy (non-hydrogen) atoms. The van der Waals surface area contributed by atoms with E-state index in [-0.39, 0.29) is 12.4 Å². The first-order chi connectivity index (χ1) is 14.6. The van der Waals surface area contributed by atoms with E-state index in [1.807, 2.05) is 18.2 Å². The number of likely N-dealkylation sites (tertiary alicyclic amines) is 1. The molecular formula is C23H30ClFN4O. The lowest BCUT2D eigenvalue weighted by Gasteiger charge is -2.33. The first kappa shape index (κ1) is 22.5. The zero-order valence-electron chi connectivity index (χ0n) is 17.6. The maximum atomic E-state index is 13.8. The standard InChI is InChI=1S/C23H30ClFN4O/c1-26-23(27-14-18-5-8-22(25)19(13-18)16-30-2)28-21-9-11-29(12-10-21)15-17-3-6-20(24)7-4-17/h3-8,13,21H,9-12,14-16H2,1-2H3,(H2,26,27,28). The van der Waals surface area contributed by atoms with E-state index >= 15 is 0 Å². The third kappa shape index (κ3) is 6.69. The maximum absolute atomic E-state index is 13.8. The van der Waals surface area contributed by atoms with Crippen molar-refractivity contribution in [3.8, 4) is 0 Å². The lowest BCUT2D eigenvalue weighted by molar-refractivity contribution is 0.181. The van der Waals surface area contributed by atoms with Gasteiger partial charge in [0.25, 0.3) is 0 Å². The van der Waals surface area contributed by atoms with Gasteiger partial charge in [-0.2, -0.15) is 0 Å². The molecule has 162 valence electrons. The lowest BCUT2D eigenvalue weighted by Crippen LogP contribution is -2.48. The van der Waals surface area contributed by atoms with Crippen molar-refractivity contribution in [1.29, 1.82) is 0 Å². The first-order valence-corrected chi connectivity index (χ1v) is 10.7. The predicted molar refractivity (Wildman–Crippen MR) is 120 cm³/mol. The van der Waals surface area contributed by atoms with Crippen LogP contribution in [0.25, 0.3) is 0 Å². The number of nitrogens with zero attached hydrogens (tertiary/aromatic N) is 2. The summed E-state index contributed by atoms with van der Waals surface area (Å²) in [6.07, 6.45) is 2.12. The molecule has 2 aromatic carbocycles. The summed E-state index contributed by atoms with van der Waals surface area (Å²) in [4.78, 5) is 6.80. The quantitative estimate of drug-likeness (QED) is 0.513. The highest BCUT2D eigenvalue weighted by Crippen LogP contribution is 2.16. The van der Waals surface area contributed by atoms with Crippen LogP contribution in [-0.2, 0) is 24.4 Å². The van der Waals surface area contributed by atoms with Crippen molar-refractivity contribution in [2.75, 3.05) is 27.2 Å². The molecule has 1 aliphatic rings. The second-order valence-electron chi connectivity index (χ2n) is 7.61. The van der Waals surface area contributed by atoms with Crippen LogP contribution in [0.2, 0.25) is 5.02 Å². The van der Waals surface area contributed by atoms with Crippen molar-refractivity contribution >= 4 is 17.6 Å². The molecule has 0 bridgehead atoms. The summed E-state index contributed by atoms with van der Waals surface area (Å²) in [5, 5.41) is 7.62. The molecule has 7 heteroatoms. The summed E-state index contributed by atoms with van der Waals surface area (Å²) in [6, 6.07) is 13.5. The molecular weight excluding hydrogens is 403 g/mol. The Labute approximate surface area is 183 Å². The number of hydrogen-bond donors (Lipinski definition) is 2. The second-order valence-corrected chi connectivity index (χ2v) is 8.04. The summed E-state index contributed by atoms with van der Waals surface area (Å²) in [5.74, 6) is 0.525. The van der Waals surface area contributed by atoms with Gasteiger partial charge in [0.15, 0.2) is 5.96 Å². The Morgan fingerprint density at radius 1 is 1.17 bits per heavy atom. The van der Waals surface area contributed by atoms with E-state index in [4.69, 9.17) is 16.3 Å². The Bertz CT molecular complexity index is 836. The van der Waals surface area contributed by atoms with Gasteiger partial charge in [-0.15, -0.1) is 0 Å². The molecule has 0 atom stereocenters. The van der Waals surface area contributed by atoms with Crippen LogP contribution in [0.4, 0.5) is 4.39 Å². The minimum atomic E-state index is -0.242. The predicted octanol–water partition coefficient (Wildman–Crippen LogP) is 3.96. The third-order valence-electron chi connectivity index (χ3n) is 5.34. The molecule has 1 fully saturated rings. The number of nitrogens with one attached hydrogen (secondary N) is 2. The fourth-order valence-electron chi connectivity index (χ4n) is 3.66. The number of ether oxygens (including phenoxy) is 1. The number of rotatable bonds is 7. The van der Waals surface area contributed by atoms with Crippen molar-refractivity contribution in [3.05, 3.63) is 70.0 Å². The molecule has 2 N–H and O–H groups in total. The minimum absolute atomic E-state index is 0.242. The Hall–Kier alpha value is -2.15. The average Bonchev–Trinajstić information content (AvgIpc) is 2.76. The molecule has 0 spiro atoms. The lowest BCUT2D eigenvalue weighted by atomic mass is 10.0. The van der Waals surface area contributed by atoms with Gasteiger partial charge in [-0.25, -0.2) is 4.39 Å². The number of halogens is 2. The van der Waals surface area contributed by atoms with Crippen LogP contribution in [-0.4, -0.2) is 44.1 Å². The van der Waals surface area contributed by atoms with Gasteiger partial charge in [0.2, 0.25) is 0 Å². The van der Waals surface area contributed by atoms with Crippen molar-refractivity contribution in [2.45, 2.75) is 38.6 Å². The molecule has 0 aliphatic carbocycles. The molecule has 1 heterocycles. The number of methoxy groups -OCH3 is 1. The van der Waals surface area contributed by atoms with Gasteiger partial charge in [0, 0.05) is 57.0 Å². The van der Waals surface area contributed by atoms with Crippen LogP contribution in [0.15, 0.2) is 47.5 Å². The second kappa shape index (κ2) is 11.3. The van der Waals surface area contributed by atoms with Gasteiger partial charge in [-0.05, 0) is 48.2 Å². The molecule has 0 saturated carbocycles. The highest BCUT2D eigenvalue weighted by Gasteiger charge is 2.20. The van der Waals surface area contributed by atoms with Crippen LogP contribution < -0.4 is 10.6 Å². The molecule has 0 unspecified atom stereocenters. The first-order valence-electron chi connectivity index (χ1n) is 10.3. The van der Waals surface area contributed by atoms with E-state index in [9.17, 15) is 4.39 Å². The summed E-state index contributed by atoms with van der Waals surface area (Å²) in [5.41, 5.74) is 2.84. The number of piperidine rings is 1. The van der Waals surface area contributed by atoms with Gasteiger partial charge in [0.05, 0.1) is 6.61 Å². The van der Waals surface area contributed by atoms with Crippen molar-refractivity contribution in [3.63, 3.8) is 0 Å². The van der Waals surface area contributed by atoms with E-state index in [2.05, 4.69) is 32.7 Å². The van der Waals surface area contributed by atoms with E-state index in [1.165, 1.54) is 11.6 Å². The molecule has 0 amide bonds. The van der Waals surface area contributed by atoms with Crippen LogP contribution in [0.5, 0.6) is 0 Å². The van der Waals surface area contributed by atoms with Crippen molar-refractivity contribution in [1.82, 2.24) is 15.5 Å². The molecule has 1 aliphatic heterocycles. The summed E-state index contributed by atoms with van der Waals surface area (Å²) >= 11 is 5.97. The van der Waals surface area contributed by atoms with E-state index in [0.29, 0.717) is 18.2 Å². The molecule has 5 nitrogen and oxygen atoms in total. The molecule has 2 aromatic rings. The van der Waals surface area contributed by atoms with Gasteiger partial charge in [0.1, 0.15) is 5.82 Å². The number of aliphatic imine (C=N–C) groups is 1. The molecule has 0 radical (unpaired) electrons. The zero-order valence-corrected chi connectivity index (χ0v) is 18.4. The SMILES string of the molecule is CN=C(NCc1ccc(F)c(COC)c1)NC1CCN(Cc2ccc(Cl)cc2)CC1. The number of benzene rings is 2. The van der Waals surface area contributed by atoms with E-state index < -0.39 is 0 Å². The minimum Gasteiger partial charge on any atom is -0.380 e. The van der Waals surface area contributed by atoms with Gasteiger partial charge < -0.3 is 15.4 Å². The van der Waals surface area contributed by atoms with Gasteiger partial charge in [-0.1, -0.05) is 29.8 Å². The topological polar surface area (TPSA) is 48.9 Å². The van der Waals surface area contributed by atoms with Gasteiger partial charge in [-0.3, -0.25) is 9.89 Å². The third-order valence-corrected chi connectivity index (χ3v) is 5.59. The number of guanidine groups is 1. The zero-order chi connectivity index (χ0) is 21.3.